The molecule has 1 fully saturated rings. The van der Waals surface area contributed by atoms with E-state index in [0.29, 0.717) is 6.04 Å². The van der Waals surface area contributed by atoms with Crippen molar-refractivity contribution in [1.29, 1.82) is 0 Å². The Kier molecular flexibility index (Phi) is 4.84. The van der Waals surface area contributed by atoms with Crippen molar-refractivity contribution in [2.24, 2.45) is 11.8 Å². The summed E-state index contributed by atoms with van der Waals surface area (Å²) in [5.41, 5.74) is 2.10. The van der Waals surface area contributed by atoms with E-state index >= 15 is 0 Å². The number of benzene rings is 1. The van der Waals surface area contributed by atoms with Crippen LogP contribution in [0.25, 0.3) is 0 Å². The van der Waals surface area contributed by atoms with Gasteiger partial charge in [0.1, 0.15) is 5.82 Å². The van der Waals surface area contributed by atoms with Gasteiger partial charge < -0.3 is 5.32 Å². The molecule has 2 heteroatoms. The second-order valence-electron chi connectivity index (χ2n) is 6.46. The lowest BCUT2D eigenvalue weighted by Gasteiger charge is -2.31. The molecule has 1 aliphatic carbocycles. The average molecular weight is 263 g/mol. The third kappa shape index (κ3) is 4.22. The van der Waals surface area contributed by atoms with Gasteiger partial charge in [-0.25, -0.2) is 4.39 Å². The van der Waals surface area contributed by atoms with Crippen molar-refractivity contribution in [3.8, 4) is 0 Å². The molecular weight excluding hydrogens is 237 g/mol. The van der Waals surface area contributed by atoms with Crippen molar-refractivity contribution >= 4 is 5.69 Å². The van der Waals surface area contributed by atoms with E-state index in [9.17, 15) is 4.39 Å². The summed E-state index contributed by atoms with van der Waals surface area (Å²) in [5, 5.41) is 3.61. The van der Waals surface area contributed by atoms with Crippen LogP contribution >= 0.6 is 0 Å². The molecule has 0 radical (unpaired) electrons. The van der Waals surface area contributed by atoms with Crippen molar-refractivity contribution in [3.05, 3.63) is 29.6 Å². The van der Waals surface area contributed by atoms with E-state index in [0.717, 1.165) is 23.1 Å². The average Bonchev–Trinajstić information content (AvgIpc) is 2.32. The van der Waals surface area contributed by atoms with Gasteiger partial charge in [-0.05, 0) is 61.8 Å². The first-order valence-corrected chi connectivity index (χ1v) is 7.57. The smallest absolute Gasteiger partial charge is 0.123 e. The summed E-state index contributed by atoms with van der Waals surface area (Å²) < 4.78 is 13.1. The van der Waals surface area contributed by atoms with E-state index in [2.05, 4.69) is 19.2 Å². The lowest BCUT2D eigenvalue weighted by atomic mass is 9.81. The molecule has 0 heterocycles. The largest absolute Gasteiger partial charge is 0.382 e. The summed E-state index contributed by atoms with van der Waals surface area (Å²) in [6.07, 6.45) is 6.52. The van der Waals surface area contributed by atoms with Gasteiger partial charge in [-0.2, -0.15) is 0 Å². The number of hydrogen-bond donors (Lipinski definition) is 1. The summed E-state index contributed by atoms with van der Waals surface area (Å²) in [6, 6.07) is 5.58. The molecule has 0 saturated heterocycles. The molecule has 1 N–H and O–H groups in total. The van der Waals surface area contributed by atoms with Gasteiger partial charge in [0.2, 0.25) is 0 Å². The number of halogens is 1. The third-order valence-electron chi connectivity index (χ3n) is 4.14. The summed E-state index contributed by atoms with van der Waals surface area (Å²) >= 11 is 0. The molecule has 0 aliphatic heterocycles. The SMILES string of the molecule is Cc1cc(F)ccc1NC1CCCC(CC(C)C)C1. The topological polar surface area (TPSA) is 12.0 Å². The van der Waals surface area contributed by atoms with E-state index in [-0.39, 0.29) is 5.82 Å². The number of nitrogens with one attached hydrogen (secondary N) is 1. The molecule has 2 rings (SSSR count). The Morgan fingerprint density at radius 3 is 2.79 bits per heavy atom. The number of anilines is 1. The maximum Gasteiger partial charge on any atom is 0.123 e. The molecule has 0 spiro atoms. The van der Waals surface area contributed by atoms with E-state index < -0.39 is 0 Å². The Morgan fingerprint density at radius 1 is 1.32 bits per heavy atom. The standard InChI is InChI=1S/C17H26FN/c1-12(2)9-14-5-4-6-16(11-14)19-17-8-7-15(18)10-13(17)3/h7-8,10,12,14,16,19H,4-6,9,11H2,1-3H3. The minimum Gasteiger partial charge on any atom is -0.382 e. The third-order valence-corrected chi connectivity index (χ3v) is 4.14. The lowest BCUT2D eigenvalue weighted by molar-refractivity contribution is 0.289. The number of aryl methyl sites for hydroxylation is 1. The van der Waals surface area contributed by atoms with Crippen LogP contribution in [-0.2, 0) is 0 Å². The van der Waals surface area contributed by atoms with Crippen LogP contribution in [0.1, 0.15) is 51.5 Å². The van der Waals surface area contributed by atoms with Gasteiger partial charge in [-0.3, -0.25) is 0 Å². The maximum atomic E-state index is 13.1. The van der Waals surface area contributed by atoms with E-state index in [4.69, 9.17) is 0 Å². The van der Waals surface area contributed by atoms with Crippen molar-refractivity contribution in [2.75, 3.05) is 5.32 Å². The molecule has 1 aromatic rings. The highest BCUT2D eigenvalue weighted by atomic mass is 19.1. The van der Waals surface area contributed by atoms with Crippen LogP contribution in [0.4, 0.5) is 10.1 Å². The van der Waals surface area contributed by atoms with Gasteiger partial charge in [0.15, 0.2) is 0 Å². The highest BCUT2D eigenvalue weighted by Gasteiger charge is 2.22. The Balaban J connectivity index is 1.94. The monoisotopic (exact) mass is 263 g/mol. The van der Waals surface area contributed by atoms with Crippen molar-refractivity contribution in [1.82, 2.24) is 0 Å². The lowest BCUT2D eigenvalue weighted by Crippen LogP contribution is -2.28. The van der Waals surface area contributed by atoms with Gasteiger partial charge >= 0.3 is 0 Å². The zero-order valence-electron chi connectivity index (χ0n) is 12.4. The molecular formula is C17H26FN. The van der Waals surface area contributed by atoms with Crippen molar-refractivity contribution in [2.45, 2.75) is 58.9 Å². The Hall–Kier alpha value is -1.05. The summed E-state index contributed by atoms with van der Waals surface area (Å²) in [4.78, 5) is 0. The molecule has 2 unspecified atom stereocenters. The minimum atomic E-state index is -0.149. The van der Waals surface area contributed by atoms with Crippen molar-refractivity contribution in [3.63, 3.8) is 0 Å². The van der Waals surface area contributed by atoms with Crippen LogP contribution in [0.3, 0.4) is 0 Å². The fourth-order valence-electron chi connectivity index (χ4n) is 3.31. The molecule has 1 saturated carbocycles. The van der Waals surface area contributed by atoms with Gasteiger partial charge in [0.25, 0.3) is 0 Å². The number of hydrogen-bond acceptors (Lipinski definition) is 1. The van der Waals surface area contributed by atoms with Crippen LogP contribution in [0.15, 0.2) is 18.2 Å². The van der Waals surface area contributed by atoms with E-state index in [1.165, 1.54) is 32.1 Å². The molecule has 1 aliphatic rings. The summed E-state index contributed by atoms with van der Waals surface area (Å²) in [6.45, 7) is 6.59. The Bertz CT molecular complexity index is 414. The molecule has 1 nitrogen and oxygen atoms in total. The highest BCUT2D eigenvalue weighted by Crippen LogP contribution is 2.31. The maximum absolute atomic E-state index is 13.1. The fourth-order valence-corrected chi connectivity index (χ4v) is 3.31. The van der Waals surface area contributed by atoms with Gasteiger partial charge in [0, 0.05) is 11.7 Å². The van der Waals surface area contributed by atoms with Crippen LogP contribution in [0.2, 0.25) is 0 Å². The molecule has 106 valence electrons. The second kappa shape index (κ2) is 6.40. The van der Waals surface area contributed by atoms with Gasteiger partial charge in [-0.1, -0.05) is 26.7 Å². The second-order valence-corrected chi connectivity index (χ2v) is 6.46. The zero-order valence-corrected chi connectivity index (χ0v) is 12.4. The molecule has 0 aromatic heterocycles. The van der Waals surface area contributed by atoms with E-state index in [1.54, 1.807) is 12.1 Å². The molecule has 1 aromatic carbocycles. The summed E-state index contributed by atoms with van der Waals surface area (Å²) in [7, 11) is 0. The van der Waals surface area contributed by atoms with Gasteiger partial charge in [-0.15, -0.1) is 0 Å². The fraction of sp³-hybridized carbons (Fsp3) is 0.647. The molecule has 0 amide bonds. The molecule has 19 heavy (non-hydrogen) atoms. The normalized spacial score (nSPS) is 23.6. The van der Waals surface area contributed by atoms with Crippen LogP contribution < -0.4 is 5.32 Å². The quantitative estimate of drug-likeness (QED) is 0.792. The van der Waals surface area contributed by atoms with Crippen molar-refractivity contribution < 1.29 is 4.39 Å². The Labute approximate surface area is 116 Å². The van der Waals surface area contributed by atoms with Gasteiger partial charge in [0.05, 0.1) is 0 Å². The highest BCUT2D eigenvalue weighted by molar-refractivity contribution is 5.51. The first kappa shape index (κ1) is 14.4. The Morgan fingerprint density at radius 2 is 2.11 bits per heavy atom. The molecule has 2 atom stereocenters. The summed E-state index contributed by atoms with van der Waals surface area (Å²) in [5.74, 6) is 1.49. The number of rotatable bonds is 4. The predicted molar refractivity (Wildman–Crippen MR) is 80.0 cm³/mol. The minimum absolute atomic E-state index is 0.149. The van der Waals surface area contributed by atoms with Crippen LogP contribution in [0.5, 0.6) is 0 Å². The molecule has 0 bridgehead atoms. The van der Waals surface area contributed by atoms with Crippen LogP contribution in [0, 0.1) is 24.6 Å². The predicted octanol–water partition coefficient (Wildman–Crippen LogP) is 5.15. The zero-order chi connectivity index (χ0) is 13.8. The first-order valence-electron chi connectivity index (χ1n) is 7.57. The first-order chi connectivity index (χ1) is 9.04. The van der Waals surface area contributed by atoms with E-state index in [1.807, 2.05) is 13.0 Å². The van der Waals surface area contributed by atoms with Crippen LogP contribution in [-0.4, -0.2) is 6.04 Å².